The molecule has 5 atom stereocenters. The van der Waals surface area contributed by atoms with Gasteiger partial charge in [-0.2, -0.15) is 0 Å². The smallest absolute Gasteiger partial charge is 0.264 e. The molecule has 0 bridgehead atoms. The van der Waals surface area contributed by atoms with E-state index in [1.54, 1.807) is 26.8 Å². The number of halogens is 1. The summed E-state index contributed by atoms with van der Waals surface area (Å²) >= 11 is 6.51. The Balaban J connectivity index is 1.35. The first-order valence-corrected chi connectivity index (χ1v) is 18.7. The van der Waals surface area contributed by atoms with E-state index in [2.05, 4.69) is 0 Å². The number of aliphatic hydroxyl groups excluding tert-OH is 1. The molecule has 3 fully saturated rings. The van der Waals surface area contributed by atoms with Gasteiger partial charge in [-0.15, -0.1) is 0 Å². The number of aliphatic hydroxyl groups is 1. The molecule has 4 aliphatic heterocycles. The summed E-state index contributed by atoms with van der Waals surface area (Å²) in [7, 11) is -2.95. The first kappa shape index (κ1) is 30.3. The lowest BCUT2D eigenvalue weighted by atomic mass is 9.82. The third-order valence-electron chi connectivity index (χ3n) is 9.87. The average Bonchev–Trinajstić information content (AvgIpc) is 3.72. The van der Waals surface area contributed by atoms with Gasteiger partial charge in [0.1, 0.15) is 0 Å². The van der Waals surface area contributed by atoms with E-state index in [4.69, 9.17) is 16.3 Å². The molecule has 2 aromatic rings. The fourth-order valence-corrected chi connectivity index (χ4v) is 10.7. The van der Waals surface area contributed by atoms with Crippen molar-refractivity contribution >= 4 is 49.0 Å². The van der Waals surface area contributed by atoms with Crippen LogP contribution in [-0.2, 0) is 31.3 Å². The van der Waals surface area contributed by atoms with Crippen LogP contribution in [0.1, 0.15) is 50.2 Å². The van der Waals surface area contributed by atoms with Crippen molar-refractivity contribution in [2.24, 2.45) is 5.92 Å². The molecule has 0 aromatic heterocycles. The van der Waals surface area contributed by atoms with Crippen molar-refractivity contribution in [3.8, 4) is 0 Å². The predicted molar refractivity (Wildman–Crippen MR) is 166 cm³/mol. The number of ether oxygens (including phenoxy) is 1. The third kappa shape index (κ3) is 5.10. The average molecular weight is 626 g/mol. The Morgan fingerprint density at radius 1 is 1.14 bits per heavy atom. The molecular formula is C32H40ClN3O6Si. The summed E-state index contributed by atoms with van der Waals surface area (Å²) in [5.74, 6) is -0.695. The molecule has 9 nitrogen and oxygen atoms in total. The van der Waals surface area contributed by atoms with E-state index in [1.165, 1.54) is 0 Å². The molecule has 2 N–H and O–H groups in total. The van der Waals surface area contributed by atoms with Crippen LogP contribution in [0.2, 0.25) is 23.7 Å². The molecule has 230 valence electrons. The summed E-state index contributed by atoms with van der Waals surface area (Å²) < 4.78 is 6.80. The molecule has 0 unspecified atom stereocenters. The van der Waals surface area contributed by atoms with E-state index in [1.807, 2.05) is 50.3 Å². The number of carbonyl (C=O) groups excluding carboxylic acids is 3. The normalized spacial score (nSPS) is 28.9. The van der Waals surface area contributed by atoms with Gasteiger partial charge in [-0.05, 0) is 68.3 Å². The molecular weight excluding hydrogens is 586 g/mol. The molecule has 11 heteroatoms. The van der Waals surface area contributed by atoms with E-state index in [0.717, 1.165) is 30.5 Å². The number of nitrogens with zero attached hydrogens (tertiary/aromatic N) is 3. The third-order valence-corrected chi connectivity index (χ3v) is 12.6. The molecule has 2 aromatic carbocycles. The monoisotopic (exact) mass is 625 g/mol. The Bertz CT molecular complexity index is 1450. The van der Waals surface area contributed by atoms with E-state index in [-0.39, 0.29) is 43.3 Å². The van der Waals surface area contributed by atoms with Crippen LogP contribution in [0.3, 0.4) is 0 Å². The lowest BCUT2D eigenvalue weighted by Gasteiger charge is -2.33. The molecule has 3 amide bonds. The molecule has 0 saturated carbocycles. The Hall–Kier alpha value is -2.76. The predicted octanol–water partition coefficient (Wildman–Crippen LogP) is 4.18. The second kappa shape index (κ2) is 11.3. The van der Waals surface area contributed by atoms with E-state index in [0.29, 0.717) is 35.8 Å². The number of benzene rings is 2. The van der Waals surface area contributed by atoms with Gasteiger partial charge in [0.15, 0.2) is 13.9 Å². The zero-order valence-electron chi connectivity index (χ0n) is 25.0. The van der Waals surface area contributed by atoms with Gasteiger partial charge < -0.3 is 29.3 Å². The lowest BCUT2D eigenvalue weighted by molar-refractivity contribution is -0.150. The zero-order chi connectivity index (χ0) is 30.7. The van der Waals surface area contributed by atoms with Gasteiger partial charge in [0.05, 0.1) is 37.4 Å². The molecule has 6 rings (SSSR count). The Morgan fingerprint density at radius 3 is 2.63 bits per heavy atom. The Kier molecular flexibility index (Phi) is 7.96. The topological polar surface area (TPSA) is 111 Å². The number of fused-ring (bicyclic) bond motifs is 2. The van der Waals surface area contributed by atoms with Crippen molar-refractivity contribution in [3.05, 3.63) is 58.6 Å². The van der Waals surface area contributed by atoms with Crippen LogP contribution >= 0.6 is 11.6 Å². The van der Waals surface area contributed by atoms with Crippen LogP contribution < -0.4 is 9.80 Å². The van der Waals surface area contributed by atoms with E-state index >= 15 is 0 Å². The minimum absolute atomic E-state index is 0.0271. The van der Waals surface area contributed by atoms with Crippen LogP contribution in [0.5, 0.6) is 0 Å². The summed E-state index contributed by atoms with van der Waals surface area (Å²) in [4.78, 5) is 57.3. The number of carbonyl (C=O) groups is 3. The summed E-state index contributed by atoms with van der Waals surface area (Å²) in [6.07, 6.45) is 2.30. The van der Waals surface area contributed by atoms with Gasteiger partial charge in [-0.1, -0.05) is 30.7 Å². The van der Waals surface area contributed by atoms with Gasteiger partial charge in [0.2, 0.25) is 11.8 Å². The molecule has 0 radical (unpaired) electrons. The largest absolute Gasteiger partial charge is 0.432 e. The summed E-state index contributed by atoms with van der Waals surface area (Å²) in [5, 5.41) is 10.3. The lowest BCUT2D eigenvalue weighted by Crippen LogP contribution is -2.46. The number of amides is 3. The van der Waals surface area contributed by atoms with Crippen LogP contribution in [0.25, 0.3) is 0 Å². The zero-order valence-corrected chi connectivity index (χ0v) is 26.7. The van der Waals surface area contributed by atoms with E-state index in [9.17, 15) is 24.3 Å². The maximum atomic E-state index is 14.7. The van der Waals surface area contributed by atoms with Gasteiger partial charge in [-0.25, -0.2) is 0 Å². The quantitative estimate of drug-likeness (QED) is 0.447. The van der Waals surface area contributed by atoms with Gasteiger partial charge in [0.25, 0.3) is 5.91 Å². The first-order valence-electron chi connectivity index (χ1n) is 15.3. The maximum Gasteiger partial charge on any atom is 0.264 e. The summed E-state index contributed by atoms with van der Waals surface area (Å²) in [6, 6.07) is 12.9. The fraction of sp³-hybridized carbons (Fsp3) is 0.531. The highest BCUT2D eigenvalue weighted by Gasteiger charge is 2.66. The van der Waals surface area contributed by atoms with E-state index < -0.39 is 31.5 Å². The van der Waals surface area contributed by atoms with Crippen molar-refractivity contribution in [2.45, 2.75) is 82.0 Å². The second-order valence-electron chi connectivity index (χ2n) is 13.0. The van der Waals surface area contributed by atoms with Crippen molar-refractivity contribution in [1.82, 2.24) is 4.90 Å². The summed E-state index contributed by atoms with van der Waals surface area (Å²) in [5.41, 5.74) is 1.22. The van der Waals surface area contributed by atoms with Crippen molar-refractivity contribution in [1.29, 1.82) is 0 Å². The number of hydrogen-bond acceptors (Lipinski definition) is 6. The number of rotatable bonds is 7. The van der Waals surface area contributed by atoms with Crippen molar-refractivity contribution in [2.75, 3.05) is 29.5 Å². The van der Waals surface area contributed by atoms with Crippen LogP contribution in [-0.4, -0.2) is 72.7 Å². The molecule has 4 heterocycles. The number of hydrogen-bond donors (Lipinski definition) is 2. The number of anilines is 2. The van der Waals surface area contributed by atoms with Gasteiger partial charge in [-0.3, -0.25) is 14.4 Å². The molecule has 1 spiro atoms. The van der Waals surface area contributed by atoms with Gasteiger partial charge >= 0.3 is 0 Å². The summed E-state index contributed by atoms with van der Waals surface area (Å²) in [6.45, 7) is 7.05. The minimum atomic E-state index is -2.95. The Morgan fingerprint density at radius 2 is 1.93 bits per heavy atom. The first-order chi connectivity index (χ1) is 20.5. The van der Waals surface area contributed by atoms with Crippen molar-refractivity contribution in [3.63, 3.8) is 0 Å². The SMILES string of the molecule is C[C@@H]1[C@@H]([Si](C)(C)O)[C@H](CC(=O)N2CCC[C@H]2CO)O[C@@]12C(=O)N(Cc1cccc(N3CCCC3=O)c1)c1ccc(Cl)cc12. The molecule has 43 heavy (non-hydrogen) atoms. The van der Waals surface area contributed by atoms with Crippen molar-refractivity contribution < 1.29 is 29.0 Å². The minimum Gasteiger partial charge on any atom is -0.432 e. The Labute approximate surface area is 258 Å². The highest BCUT2D eigenvalue weighted by Crippen LogP contribution is 2.60. The maximum absolute atomic E-state index is 14.7. The van der Waals surface area contributed by atoms with Crippen LogP contribution in [0, 0.1) is 5.92 Å². The van der Waals surface area contributed by atoms with Crippen LogP contribution in [0.15, 0.2) is 42.5 Å². The molecule has 3 saturated heterocycles. The highest BCUT2D eigenvalue weighted by molar-refractivity contribution is 6.71. The van der Waals surface area contributed by atoms with Gasteiger partial charge in [0, 0.05) is 47.2 Å². The highest BCUT2D eigenvalue weighted by atomic mass is 35.5. The molecule has 4 aliphatic rings. The van der Waals surface area contributed by atoms with Crippen LogP contribution in [0.4, 0.5) is 11.4 Å². The second-order valence-corrected chi connectivity index (χ2v) is 17.4. The molecule has 0 aliphatic carbocycles. The fourth-order valence-electron chi connectivity index (χ4n) is 7.98. The number of likely N-dealkylation sites (tertiary alicyclic amines) is 1. The standard InChI is InChI=1S/C32H40ClN3O6Si/c1-20-30(43(2,3)41)27(17-29(39)35-13-5-9-24(35)19-37)42-32(20)25-16-22(33)11-12-26(25)36(31(32)40)18-21-7-4-8-23(15-21)34-14-6-10-28(34)38/h4,7-8,11-12,15-16,20,24,27,30,37,41H,5-6,9-10,13-14,17-19H2,1-3H3/t20-,24+,27+,30-,32+/m1/s1.